The number of carbonyl (C=O) groups is 2. The minimum Gasteiger partial charge on any atom is -0.459 e. The van der Waals surface area contributed by atoms with Crippen molar-refractivity contribution in [2.24, 2.45) is 0 Å². The van der Waals surface area contributed by atoms with Crippen LogP contribution in [0.5, 0.6) is 0 Å². The van der Waals surface area contributed by atoms with Crippen molar-refractivity contribution < 1.29 is 14.0 Å². The molecule has 0 aliphatic heterocycles. The number of carbonyl (C=O) groups excluding carboxylic acids is 2. The molecule has 1 aromatic carbocycles. The average molecular weight is 396 g/mol. The largest absolute Gasteiger partial charge is 0.459 e. The Labute approximate surface area is 135 Å². The molecule has 5 nitrogen and oxygen atoms in total. The highest BCUT2D eigenvalue weighted by Crippen LogP contribution is 2.20. The summed E-state index contributed by atoms with van der Waals surface area (Å²) >= 11 is 2.11. The molecule has 1 heterocycles. The van der Waals surface area contributed by atoms with Gasteiger partial charge in [0.2, 0.25) is 0 Å². The van der Waals surface area contributed by atoms with Gasteiger partial charge in [0, 0.05) is 10.1 Å². The van der Waals surface area contributed by atoms with Gasteiger partial charge in [-0.3, -0.25) is 9.59 Å². The molecule has 0 aliphatic carbocycles. The van der Waals surface area contributed by atoms with Crippen LogP contribution in [0.1, 0.15) is 20.9 Å². The summed E-state index contributed by atoms with van der Waals surface area (Å²) in [5, 5.41) is 5.36. The summed E-state index contributed by atoms with van der Waals surface area (Å²) in [5.41, 5.74) is 0.821. The fraction of sp³-hybridized carbons (Fsp3) is 0.0667. The molecule has 0 spiro atoms. The van der Waals surface area contributed by atoms with E-state index in [0.717, 1.165) is 3.57 Å². The van der Waals surface area contributed by atoms with Gasteiger partial charge in [0.05, 0.1) is 17.5 Å². The van der Waals surface area contributed by atoms with Gasteiger partial charge >= 0.3 is 0 Å². The maximum atomic E-state index is 12.1. The molecule has 1 aromatic heterocycles. The summed E-state index contributed by atoms with van der Waals surface area (Å²) in [5.74, 6) is -0.492. The summed E-state index contributed by atoms with van der Waals surface area (Å²) in [4.78, 5) is 24.1. The van der Waals surface area contributed by atoms with Crippen molar-refractivity contribution in [3.05, 3.63) is 64.1 Å². The van der Waals surface area contributed by atoms with Gasteiger partial charge in [0.25, 0.3) is 11.8 Å². The van der Waals surface area contributed by atoms with E-state index in [9.17, 15) is 9.59 Å². The highest BCUT2D eigenvalue weighted by Gasteiger charge is 2.15. The second kappa shape index (κ2) is 7.07. The van der Waals surface area contributed by atoms with Gasteiger partial charge in [-0.15, -0.1) is 6.58 Å². The number of amides is 2. The van der Waals surface area contributed by atoms with Gasteiger partial charge in [-0.2, -0.15) is 0 Å². The molecule has 2 amide bonds. The fourth-order valence-corrected chi connectivity index (χ4v) is 2.16. The van der Waals surface area contributed by atoms with E-state index in [1.165, 1.54) is 6.26 Å². The summed E-state index contributed by atoms with van der Waals surface area (Å²) in [6.45, 7) is 3.91. The van der Waals surface area contributed by atoms with Crippen LogP contribution in [0.3, 0.4) is 0 Å². The number of benzene rings is 1. The van der Waals surface area contributed by atoms with E-state index in [1.54, 1.807) is 30.3 Å². The lowest BCUT2D eigenvalue weighted by Crippen LogP contribution is -2.25. The van der Waals surface area contributed by atoms with E-state index in [4.69, 9.17) is 4.42 Å². The molecular formula is C15H13IN2O3. The van der Waals surface area contributed by atoms with Gasteiger partial charge in [-0.05, 0) is 52.9 Å². The predicted molar refractivity (Wildman–Crippen MR) is 88.4 cm³/mol. The monoisotopic (exact) mass is 396 g/mol. The minimum absolute atomic E-state index is 0.186. The number of furan rings is 1. The zero-order valence-corrected chi connectivity index (χ0v) is 13.2. The third kappa shape index (κ3) is 3.94. The van der Waals surface area contributed by atoms with E-state index in [1.807, 2.05) is 6.07 Å². The van der Waals surface area contributed by atoms with Crippen molar-refractivity contribution >= 4 is 40.1 Å². The Bertz CT molecular complexity index is 666. The van der Waals surface area contributed by atoms with Gasteiger partial charge in [-0.1, -0.05) is 6.08 Å². The smallest absolute Gasteiger partial charge is 0.291 e. The van der Waals surface area contributed by atoms with Crippen molar-refractivity contribution in [1.29, 1.82) is 0 Å². The third-order valence-electron chi connectivity index (χ3n) is 2.63. The van der Waals surface area contributed by atoms with Crippen LogP contribution in [0.25, 0.3) is 0 Å². The lowest BCUT2D eigenvalue weighted by molar-refractivity contribution is 0.0959. The summed E-state index contributed by atoms with van der Waals surface area (Å²) in [6, 6.07) is 8.38. The summed E-state index contributed by atoms with van der Waals surface area (Å²) in [6.07, 6.45) is 3.01. The Morgan fingerprint density at radius 3 is 2.76 bits per heavy atom. The van der Waals surface area contributed by atoms with E-state index in [2.05, 4.69) is 39.8 Å². The molecule has 0 aliphatic rings. The topological polar surface area (TPSA) is 71.3 Å². The molecule has 0 fully saturated rings. The van der Waals surface area contributed by atoms with Gasteiger partial charge < -0.3 is 15.1 Å². The second-order valence-electron chi connectivity index (χ2n) is 4.12. The number of halogens is 1. The van der Waals surface area contributed by atoms with Crippen LogP contribution in [-0.4, -0.2) is 18.4 Å². The Kier molecular flexibility index (Phi) is 5.15. The Morgan fingerprint density at radius 1 is 1.29 bits per heavy atom. The average Bonchev–Trinajstić information content (AvgIpc) is 3.01. The van der Waals surface area contributed by atoms with Crippen LogP contribution in [0.15, 0.2) is 53.7 Å². The molecule has 108 valence electrons. The minimum atomic E-state index is -0.404. The van der Waals surface area contributed by atoms with E-state index < -0.39 is 5.91 Å². The molecule has 2 N–H and O–H groups in total. The highest BCUT2D eigenvalue weighted by molar-refractivity contribution is 14.1. The molecule has 21 heavy (non-hydrogen) atoms. The summed E-state index contributed by atoms with van der Waals surface area (Å²) < 4.78 is 5.92. The Balaban J connectivity index is 2.24. The first-order chi connectivity index (χ1) is 10.1. The van der Waals surface area contributed by atoms with Crippen LogP contribution in [0, 0.1) is 3.57 Å². The first kappa shape index (κ1) is 15.3. The Morgan fingerprint density at radius 2 is 2.10 bits per heavy atom. The highest BCUT2D eigenvalue weighted by atomic mass is 127. The maximum Gasteiger partial charge on any atom is 0.291 e. The van der Waals surface area contributed by atoms with Crippen molar-refractivity contribution in [3.8, 4) is 0 Å². The first-order valence-corrected chi connectivity index (χ1v) is 7.23. The summed E-state index contributed by atoms with van der Waals surface area (Å²) in [7, 11) is 0. The molecular weight excluding hydrogens is 383 g/mol. The Hall–Kier alpha value is -2.09. The second-order valence-corrected chi connectivity index (χ2v) is 5.37. The van der Waals surface area contributed by atoms with Crippen molar-refractivity contribution in [3.63, 3.8) is 0 Å². The molecule has 0 atom stereocenters. The molecule has 0 saturated heterocycles. The first-order valence-electron chi connectivity index (χ1n) is 6.15. The lowest BCUT2D eigenvalue weighted by Gasteiger charge is -2.10. The van der Waals surface area contributed by atoms with Gasteiger partial charge in [0.1, 0.15) is 0 Å². The molecule has 0 saturated carbocycles. The third-order valence-corrected chi connectivity index (χ3v) is 3.30. The van der Waals surface area contributed by atoms with Gasteiger partial charge in [0.15, 0.2) is 5.76 Å². The number of hydrogen-bond donors (Lipinski definition) is 2. The van der Waals surface area contributed by atoms with Crippen LogP contribution in [0.2, 0.25) is 0 Å². The molecule has 0 radical (unpaired) electrons. The number of hydrogen-bond acceptors (Lipinski definition) is 3. The van der Waals surface area contributed by atoms with Crippen molar-refractivity contribution in [2.45, 2.75) is 0 Å². The van der Waals surface area contributed by atoms with Crippen LogP contribution >= 0.6 is 22.6 Å². The van der Waals surface area contributed by atoms with Crippen molar-refractivity contribution in [1.82, 2.24) is 5.32 Å². The maximum absolute atomic E-state index is 12.1. The zero-order valence-electron chi connectivity index (χ0n) is 11.1. The van der Waals surface area contributed by atoms with Crippen molar-refractivity contribution in [2.75, 3.05) is 11.9 Å². The number of nitrogens with one attached hydrogen (secondary N) is 2. The quantitative estimate of drug-likeness (QED) is 0.603. The predicted octanol–water partition coefficient (Wildman–Crippen LogP) is 3.05. The number of rotatable bonds is 5. The fourth-order valence-electron chi connectivity index (χ4n) is 1.67. The number of anilines is 1. The normalized spacial score (nSPS) is 9.95. The van der Waals surface area contributed by atoms with Crippen LogP contribution < -0.4 is 10.6 Å². The van der Waals surface area contributed by atoms with E-state index >= 15 is 0 Å². The molecule has 2 aromatic rings. The van der Waals surface area contributed by atoms with Crippen LogP contribution in [-0.2, 0) is 0 Å². The van der Waals surface area contributed by atoms with Gasteiger partial charge in [-0.25, -0.2) is 0 Å². The standard InChI is InChI=1S/C15H13IN2O3/c1-2-7-17-14(19)11-9-10(16)5-6-12(11)18-15(20)13-4-3-8-21-13/h2-6,8-9H,1,7H2,(H,17,19)(H,18,20). The zero-order chi connectivity index (χ0) is 15.2. The van der Waals surface area contributed by atoms with E-state index in [-0.39, 0.29) is 11.7 Å². The molecule has 6 heteroatoms. The SMILES string of the molecule is C=CCNC(=O)c1cc(I)ccc1NC(=O)c1ccco1. The molecule has 0 bridgehead atoms. The van der Waals surface area contributed by atoms with Crippen LogP contribution in [0.4, 0.5) is 5.69 Å². The lowest BCUT2D eigenvalue weighted by atomic mass is 10.1. The molecule has 0 unspecified atom stereocenters. The molecule has 2 rings (SSSR count). The van der Waals surface area contributed by atoms with E-state index in [0.29, 0.717) is 17.8 Å².